The Bertz CT molecular complexity index is 450. The van der Waals surface area contributed by atoms with Crippen LogP contribution in [-0.4, -0.2) is 11.5 Å². The van der Waals surface area contributed by atoms with E-state index in [1.165, 1.54) is 16.1 Å². The van der Waals surface area contributed by atoms with Crippen LogP contribution in [0.2, 0.25) is 0 Å². The monoisotopic (exact) mass is 216 g/mol. The molecule has 15 heavy (non-hydrogen) atoms. The number of aromatic nitrogens is 1. The minimum atomic E-state index is 0.293. The SMILES string of the molecule is c1ccc(C2NCCc3scnc32)cc1. The second-order valence-corrected chi connectivity index (χ2v) is 4.65. The second-order valence-electron chi connectivity index (χ2n) is 3.71. The van der Waals surface area contributed by atoms with Gasteiger partial charge in [0.2, 0.25) is 0 Å². The molecule has 1 aliphatic heterocycles. The molecule has 3 heteroatoms. The Morgan fingerprint density at radius 1 is 1.27 bits per heavy atom. The van der Waals surface area contributed by atoms with Gasteiger partial charge in [0.05, 0.1) is 17.2 Å². The zero-order chi connectivity index (χ0) is 10.1. The lowest BCUT2D eigenvalue weighted by atomic mass is 9.99. The molecule has 1 aromatic heterocycles. The summed E-state index contributed by atoms with van der Waals surface area (Å²) in [7, 11) is 0. The number of benzene rings is 1. The standard InChI is InChI=1S/C12H12N2S/c1-2-4-9(5-3-1)11-12-10(6-7-13-11)15-8-14-12/h1-5,8,11,13H,6-7H2. The maximum atomic E-state index is 4.47. The zero-order valence-corrected chi connectivity index (χ0v) is 9.13. The van der Waals surface area contributed by atoms with Gasteiger partial charge in [-0.1, -0.05) is 30.3 Å². The number of nitrogens with one attached hydrogen (secondary N) is 1. The maximum Gasteiger partial charge on any atom is 0.0798 e. The van der Waals surface area contributed by atoms with E-state index in [4.69, 9.17) is 0 Å². The predicted molar refractivity (Wildman–Crippen MR) is 62.1 cm³/mol. The minimum absolute atomic E-state index is 0.293. The fraction of sp³-hybridized carbons (Fsp3) is 0.250. The molecule has 2 aromatic rings. The number of hydrogen-bond donors (Lipinski definition) is 1. The smallest absolute Gasteiger partial charge is 0.0798 e. The summed E-state index contributed by atoms with van der Waals surface area (Å²) < 4.78 is 0. The highest BCUT2D eigenvalue weighted by Crippen LogP contribution is 2.29. The molecule has 1 atom stereocenters. The van der Waals surface area contributed by atoms with Gasteiger partial charge in [0.15, 0.2) is 0 Å². The third-order valence-corrected chi connectivity index (χ3v) is 3.69. The molecule has 3 rings (SSSR count). The van der Waals surface area contributed by atoms with Crippen molar-refractivity contribution in [1.82, 2.24) is 10.3 Å². The summed E-state index contributed by atoms with van der Waals surface area (Å²) in [6.07, 6.45) is 1.11. The van der Waals surface area contributed by atoms with Crippen LogP contribution in [-0.2, 0) is 6.42 Å². The topological polar surface area (TPSA) is 24.9 Å². The van der Waals surface area contributed by atoms with E-state index in [0.29, 0.717) is 6.04 Å². The third kappa shape index (κ3) is 1.58. The molecule has 0 radical (unpaired) electrons. The van der Waals surface area contributed by atoms with E-state index >= 15 is 0 Å². The van der Waals surface area contributed by atoms with Gasteiger partial charge >= 0.3 is 0 Å². The van der Waals surface area contributed by atoms with Gasteiger partial charge in [-0.15, -0.1) is 11.3 Å². The summed E-state index contributed by atoms with van der Waals surface area (Å²) in [5.41, 5.74) is 4.48. The van der Waals surface area contributed by atoms with Crippen LogP contribution < -0.4 is 5.32 Å². The maximum absolute atomic E-state index is 4.47. The van der Waals surface area contributed by atoms with E-state index in [0.717, 1.165) is 13.0 Å². The highest BCUT2D eigenvalue weighted by atomic mass is 32.1. The lowest BCUT2D eigenvalue weighted by Crippen LogP contribution is -2.30. The van der Waals surface area contributed by atoms with Crippen molar-refractivity contribution in [2.75, 3.05) is 6.54 Å². The number of nitrogens with zero attached hydrogens (tertiary/aromatic N) is 1. The van der Waals surface area contributed by atoms with Crippen molar-refractivity contribution in [3.63, 3.8) is 0 Å². The summed E-state index contributed by atoms with van der Waals surface area (Å²) in [6.45, 7) is 1.05. The van der Waals surface area contributed by atoms with Crippen molar-refractivity contribution in [2.24, 2.45) is 0 Å². The molecule has 1 unspecified atom stereocenters. The van der Waals surface area contributed by atoms with Gasteiger partial charge in [-0.3, -0.25) is 0 Å². The quantitative estimate of drug-likeness (QED) is 0.791. The highest BCUT2D eigenvalue weighted by molar-refractivity contribution is 7.09. The normalized spacial score (nSPS) is 19.9. The average Bonchev–Trinajstić information content (AvgIpc) is 2.78. The van der Waals surface area contributed by atoms with Gasteiger partial charge in [-0.2, -0.15) is 0 Å². The summed E-state index contributed by atoms with van der Waals surface area (Å²) in [6, 6.07) is 10.8. The van der Waals surface area contributed by atoms with E-state index in [-0.39, 0.29) is 0 Å². The van der Waals surface area contributed by atoms with Crippen molar-refractivity contribution >= 4 is 11.3 Å². The fourth-order valence-corrected chi connectivity index (χ4v) is 2.85. The number of thiazole rings is 1. The Hall–Kier alpha value is -1.19. The molecule has 0 bridgehead atoms. The lowest BCUT2D eigenvalue weighted by molar-refractivity contribution is 0.561. The van der Waals surface area contributed by atoms with Gasteiger partial charge in [0, 0.05) is 11.4 Å². The Balaban J connectivity index is 2.03. The van der Waals surface area contributed by atoms with E-state index in [2.05, 4.69) is 34.6 Å². The molecule has 0 amide bonds. The van der Waals surface area contributed by atoms with Crippen molar-refractivity contribution in [3.05, 3.63) is 52.0 Å². The summed E-state index contributed by atoms with van der Waals surface area (Å²) in [5, 5.41) is 3.52. The Labute approximate surface area is 93.0 Å². The molecular weight excluding hydrogens is 204 g/mol. The molecule has 1 aliphatic rings. The summed E-state index contributed by atoms with van der Waals surface area (Å²) in [5.74, 6) is 0. The predicted octanol–water partition coefficient (Wildman–Crippen LogP) is 2.38. The average molecular weight is 216 g/mol. The molecule has 76 valence electrons. The van der Waals surface area contributed by atoms with Crippen LogP contribution in [0.15, 0.2) is 35.8 Å². The van der Waals surface area contributed by atoms with Crippen LogP contribution in [0.3, 0.4) is 0 Å². The van der Waals surface area contributed by atoms with Crippen LogP contribution in [0.25, 0.3) is 0 Å². The van der Waals surface area contributed by atoms with Gasteiger partial charge in [0.1, 0.15) is 0 Å². The van der Waals surface area contributed by atoms with Crippen LogP contribution in [0.4, 0.5) is 0 Å². The van der Waals surface area contributed by atoms with Crippen molar-refractivity contribution in [3.8, 4) is 0 Å². The van der Waals surface area contributed by atoms with E-state index in [1.54, 1.807) is 11.3 Å². The zero-order valence-electron chi connectivity index (χ0n) is 8.31. The van der Waals surface area contributed by atoms with Crippen molar-refractivity contribution in [2.45, 2.75) is 12.5 Å². The molecule has 2 nitrogen and oxygen atoms in total. The first kappa shape index (κ1) is 9.07. The number of rotatable bonds is 1. The fourth-order valence-electron chi connectivity index (χ4n) is 2.05. The molecule has 0 spiro atoms. The highest BCUT2D eigenvalue weighted by Gasteiger charge is 2.23. The first-order valence-electron chi connectivity index (χ1n) is 5.16. The van der Waals surface area contributed by atoms with Gasteiger partial charge in [0.25, 0.3) is 0 Å². The van der Waals surface area contributed by atoms with Crippen LogP contribution in [0.5, 0.6) is 0 Å². The Morgan fingerprint density at radius 3 is 3.00 bits per heavy atom. The summed E-state index contributed by atoms with van der Waals surface area (Å²) in [4.78, 5) is 5.90. The molecule has 0 saturated heterocycles. The third-order valence-electron chi connectivity index (χ3n) is 2.78. The van der Waals surface area contributed by atoms with Crippen LogP contribution in [0.1, 0.15) is 22.2 Å². The van der Waals surface area contributed by atoms with Crippen LogP contribution in [0, 0.1) is 0 Å². The van der Waals surface area contributed by atoms with Gasteiger partial charge in [-0.25, -0.2) is 4.98 Å². The van der Waals surface area contributed by atoms with E-state index < -0.39 is 0 Å². The minimum Gasteiger partial charge on any atom is -0.305 e. The number of fused-ring (bicyclic) bond motifs is 1. The van der Waals surface area contributed by atoms with Gasteiger partial charge in [-0.05, 0) is 12.0 Å². The summed E-state index contributed by atoms with van der Waals surface area (Å²) >= 11 is 1.77. The molecule has 1 aromatic carbocycles. The van der Waals surface area contributed by atoms with Crippen molar-refractivity contribution in [1.29, 1.82) is 0 Å². The second kappa shape index (κ2) is 3.76. The molecule has 0 aliphatic carbocycles. The van der Waals surface area contributed by atoms with E-state index in [1.807, 2.05) is 11.6 Å². The lowest BCUT2D eigenvalue weighted by Gasteiger charge is -2.23. The van der Waals surface area contributed by atoms with E-state index in [9.17, 15) is 0 Å². The first-order chi connectivity index (χ1) is 7.45. The molecule has 1 N–H and O–H groups in total. The largest absolute Gasteiger partial charge is 0.305 e. The molecule has 0 fully saturated rings. The number of hydrogen-bond acceptors (Lipinski definition) is 3. The first-order valence-corrected chi connectivity index (χ1v) is 6.04. The van der Waals surface area contributed by atoms with Crippen molar-refractivity contribution < 1.29 is 0 Å². The van der Waals surface area contributed by atoms with Crippen LogP contribution >= 0.6 is 11.3 Å². The molecule has 2 heterocycles. The molecular formula is C12H12N2S. The van der Waals surface area contributed by atoms with Gasteiger partial charge < -0.3 is 5.32 Å². The Kier molecular flexibility index (Phi) is 2.27. The Morgan fingerprint density at radius 2 is 2.13 bits per heavy atom. The molecule has 0 saturated carbocycles.